The number of nitrogens with one attached hydrogen (secondary N) is 2. The largest absolute Gasteiger partial charge is 0.355 e. The molecule has 2 unspecified atom stereocenters. The monoisotopic (exact) mass is 542 g/mol. The summed E-state index contributed by atoms with van der Waals surface area (Å²) < 4.78 is 0. The first-order valence-corrected chi connectivity index (χ1v) is 10.5. The summed E-state index contributed by atoms with van der Waals surface area (Å²) in [5.41, 5.74) is 1.34. The maximum absolute atomic E-state index is 6.30. The Morgan fingerprint density at radius 2 is 2.03 bits per heavy atom. The van der Waals surface area contributed by atoms with Gasteiger partial charge >= 0.3 is 0 Å². The molecule has 2 aromatic rings. The highest BCUT2D eigenvalue weighted by atomic mass is 127. The molecule has 0 aliphatic carbocycles. The van der Waals surface area contributed by atoms with Gasteiger partial charge in [-0.3, -0.25) is 4.99 Å². The van der Waals surface area contributed by atoms with E-state index in [1.54, 1.807) is 6.20 Å². The zero-order valence-electron chi connectivity index (χ0n) is 17.9. The molecule has 0 spiro atoms. The third-order valence-corrected chi connectivity index (χ3v) is 5.64. The number of anilines is 1. The Balaban J connectivity index is 0.00000320. The van der Waals surface area contributed by atoms with Crippen molar-refractivity contribution in [3.8, 4) is 0 Å². The van der Waals surface area contributed by atoms with Gasteiger partial charge in [0.2, 0.25) is 0 Å². The van der Waals surface area contributed by atoms with E-state index in [-0.39, 0.29) is 24.0 Å². The van der Waals surface area contributed by atoms with E-state index in [1.807, 2.05) is 19.2 Å². The lowest BCUT2D eigenvalue weighted by molar-refractivity contribution is 0.290. The van der Waals surface area contributed by atoms with Crippen LogP contribution in [0.15, 0.2) is 53.7 Å². The molecular formula is C22H32ClIN6. The fourth-order valence-corrected chi connectivity index (χ4v) is 3.85. The Kier molecular flexibility index (Phi) is 10.1. The summed E-state index contributed by atoms with van der Waals surface area (Å²) in [7, 11) is 6.06. The molecule has 2 heterocycles. The van der Waals surface area contributed by atoms with E-state index < -0.39 is 0 Å². The van der Waals surface area contributed by atoms with E-state index in [0.717, 1.165) is 44.3 Å². The van der Waals surface area contributed by atoms with Gasteiger partial charge in [-0.05, 0) is 44.6 Å². The fourth-order valence-electron chi connectivity index (χ4n) is 3.61. The topological polar surface area (TPSA) is 55.8 Å². The van der Waals surface area contributed by atoms with Gasteiger partial charge in [0, 0.05) is 45.0 Å². The number of aromatic nitrogens is 1. The molecule has 1 saturated heterocycles. The highest BCUT2D eigenvalue weighted by Crippen LogP contribution is 2.25. The zero-order valence-corrected chi connectivity index (χ0v) is 21.0. The Labute approximate surface area is 202 Å². The molecule has 1 aliphatic heterocycles. The van der Waals surface area contributed by atoms with Crippen LogP contribution >= 0.6 is 35.6 Å². The molecule has 1 aromatic carbocycles. The molecule has 2 N–H and O–H groups in total. The lowest BCUT2D eigenvalue weighted by atomic mass is 10.1. The van der Waals surface area contributed by atoms with Crippen molar-refractivity contribution in [1.82, 2.24) is 20.5 Å². The number of aliphatic imine (C=N–C) groups is 1. The molecule has 8 heteroatoms. The van der Waals surface area contributed by atoms with Gasteiger partial charge in [-0.25, -0.2) is 4.98 Å². The molecule has 1 aliphatic rings. The standard InChI is InChI=1S/C22H31ClN6.HI/c1-24-22(26-15-19(28(2)3)14-17-8-5-4-6-9-17)27-18-11-13-29(16-18)21-20(23)10-7-12-25-21;/h4-10,12,18-19H,11,13-16H2,1-3H3,(H2,24,26,27);1H. The summed E-state index contributed by atoms with van der Waals surface area (Å²) in [4.78, 5) is 13.3. The van der Waals surface area contributed by atoms with E-state index in [2.05, 4.69) is 74.8 Å². The number of nitrogens with zero attached hydrogens (tertiary/aromatic N) is 4. The van der Waals surface area contributed by atoms with Gasteiger partial charge in [-0.15, -0.1) is 24.0 Å². The predicted molar refractivity (Wildman–Crippen MR) is 137 cm³/mol. The van der Waals surface area contributed by atoms with Crippen molar-refractivity contribution in [3.63, 3.8) is 0 Å². The number of halogens is 2. The van der Waals surface area contributed by atoms with Crippen molar-refractivity contribution in [1.29, 1.82) is 0 Å². The molecule has 164 valence electrons. The number of hydrogen-bond acceptors (Lipinski definition) is 4. The molecular weight excluding hydrogens is 511 g/mol. The van der Waals surface area contributed by atoms with Gasteiger partial charge < -0.3 is 20.4 Å². The Bertz CT molecular complexity index is 801. The normalized spacial score (nSPS) is 17.6. The lowest BCUT2D eigenvalue weighted by Crippen LogP contribution is -2.49. The number of rotatable bonds is 7. The minimum atomic E-state index is 0. The predicted octanol–water partition coefficient (Wildman–Crippen LogP) is 3.27. The minimum absolute atomic E-state index is 0. The van der Waals surface area contributed by atoms with Crippen LogP contribution in [0.2, 0.25) is 5.02 Å². The molecule has 0 radical (unpaired) electrons. The summed E-state index contributed by atoms with van der Waals surface area (Å²) >= 11 is 6.30. The molecule has 0 amide bonds. The second-order valence-corrected chi connectivity index (χ2v) is 8.05. The first-order valence-electron chi connectivity index (χ1n) is 10.1. The van der Waals surface area contributed by atoms with Crippen LogP contribution in [-0.4, -0.2) is 68.7 Å². The van der Waals surface area contributed by atoms with Gasteiger partial charge in [-0.2, -0.15) is 0 Å². The number of guanidine groups is 1. The Hall–Kier alpha value is -1.58. The zero-order chi connectivity index (χ0) is 20.6. The van der Waals surface area contributed by atoms with Crippen molar-refractivity contribution in [3.05, 3.63) is 59.2 Å². The highest BCUT2D eigenvalue weighted by molar-refractivity contribution is 14.0. The van der Waals surface area contributed by atoms with Gasteiger partial charge in [0.05, 0.1) is 5.02 Å². The number of pyridine rings is 1. The first-order chi connectivity index (χ1) is 14.1. The van der Waals surface area contributed by atoms with Gasteiger partial charge in [-0.1, -0.05) is 41.9 Å². The van der Waals surface area contributed by atoms with Gasteiger partial charge in [0.25, 0.3) is 0 Å². The molecule has 2 atom stereocenters. The van der Waals surface area contributed by atoms with Crippen LogP contribution in [0, 0.1) is 0 Å². The number of likely N-dealkylation sites (N-methyl/N-ethyl adjacent to an activating group) is 1. The summed E-state index contributed by atoms with van der Waals surface area (Å²) in [6, 6.07) is 15.0. The summed E-state index contributed by atoms with van der Waals surface area (Å²) in [6.45, 7) is 2.61. The average Bonchev–Trinajstić information content (AvgIpc) is 3.19. The van der Waals surface area contributed by atoms with E-state index in [4.69, 9.17) is 11.6 Å². The molecule has 3 rings (SSSR count). The molecule has 6 nitrogen and oxygen atoms in total. The Morgan fingerprint density at radius 1 is 1.27 bits per heavy atom. The van der Waals surface area contributed by atoms with Crippen molar-refractivity contribution >= 4 is 47.4 Å². The Morgan fingerprint density at radius 3 is 2.70 bits per heavy atom. The van der Waals surface area contributed by atoms with Crippen molar-refractivity contribution in [2.24, 2.45) is 4.99 Å². The van der Waals surface area contributed by atoms with E-state index >= 15 is 0 Å². The molecule has 0 bridgehead atoms. The first kappa shape index (κ1) is 24.7. The maximum Gasteiger partial charge on any atom is 0.191 e. The van der Waals surface area contributed by atoms with Crippen LogP contribution < -0.4 is 15.5 Å². The van der Waals surface area contributed by atoms with E-state index in [1.165, 1.54) is 5.56 Å². The SMILES string of the molecule is CN=C(NCC(Cc1ccccc1)N(C)C)NC1CCN(c2ncccc2Cl)C1.I. The van der Waals surface area contributed by atoms with E-state index in [9.17, 15) is 0 Å². The number of benzene rings is 1. The molecule has 0 saturated carbocycles. The highest BCUT2D eigenvalue weighted by Gasteiger charge is 2.25. The third-order valence-electron chi connectivity index (χ3n) is 5.34. The second kappa shape index (κ2) is 12.3. The van der Waals surface area contributed by atoms with Crippen LogP contribution in [0.25, 0.3) is 0 Å². The van der Waals surface area contributed by atoms with Gasteiger partial charge in [0.1, 0.15) is 5.82 Å². The lowest BCUT2D eigenvalue weighted by Gasteiger charge is -2.26. The van der Waals surface area contributed by atoms with Crippen LogP contribution in [0.3, 0.4) is 0 Å². The molecule has 30 heavy (non-hydrogen) atoms. The summed E-state index contributed by atoms with van der Waals surface area (Å²) in [6.07, 6.45) is 3.80. The average molecular weight is 543 g/mol. The third kappa shape index (κ3) is 6.99. The van der Waals surface area contributed by atoms with Crippen LogP contribution in [0.5, 0.6) is 0 Å². The van der Waals surface area contributed by atoms with Gasteiger partial charge in [0.15, 0.2) is 5.96 Å². The molecule has 1 fully saturated rings. The minimum Gasteiger partial charge on any atom is -0.355 e. The molecule has 1 aromatic heterocycles. The van der Waals surface area contributed by atoms with Crippen LogP contribution in [0.4, 0.5) is 5.82 Å². The van der Waals surface area contributed by atoms with Crippen LogP contribution in [-0.2, 0) is 6.42 Å². The smallest absolute Gasteiger partial charge is 0.191 e. The fraction of sp³-hybridized carbons (Fsp3) is 0.455. The summed E-state index contributed by atoms with van der Waals surface area (Å²) in [5.74, 6) is 1.70. The van der Waals surface area contributed by atoms with Crippen molar-refractivity contribution in [2.75, 3.05) is 45.7 Å². The maximum atomic E-state index is 6.30. The second-order valence-electron chi connectivity index (χ2n) is 7.65. The van der Waals surface area contributed by atoms with Crippen molar-refractivity contribution in [2.45, 2.75) is 24.9 Å². The number of hydrogen-bond donors (Lipinski definition) is 2. The van der Waals surface area contributed by atoms with E-state index in [0.29, 0.717) is 17.1 Å². The summed E-state index contributed by atoms with van der Waals surface area (Å²) in [5, 5.41) is 7.75. The van der Waals surface area contributed by atoms with Crippen molar-refractivity contribution < 1.29 is 0 Å². The quantitative estimate of drug-likeness (QED) is 0.320. The van der Waals surface area contributed by atoms with Crippen LogP contribution in [0.1, 0.15) is 12.0 Å².